The second-order valence-electron chi connectivity index (χ2n) is 11.0. The Kier molecular flexibility index (Phi) is 12.6. The van der Waals surface area contributed by atoms with Gasteiger partial charge in [-0.2, -0.15) is 0 Å². The fourth-order valence-corrected chi connectivity index (χ4v) is 5.49. The van der Waals surface area contributed by atoms with Gasteiger partial charge in [0.1, 0.15) is 97.7 Å². The van der Waals surface area contributed by atoms with Crippen molar-refractivity contribution in [3.63, 3.8) is 0 Å². The van der Waals surface area contributed by atoms with Crippen LogP contribution >= 0.6 is 0 Å². The fourth-order valence-electron chi connectivity index (χ4n) is 5.49. The van der Waals surface area contributed by atoms with Crippen molar-refractivity contribution in [2.45, 2.75) is 117 Å². The summed E-state index contributed by atoms with van der Waals surface area (Å²) in [6.07, 6.45) is -31.7. The summed E-state index contributed by atoms with van der Waals surface area (Å²) in [6.45, 7) is -3.45. The monoisotopic (exact) mass is 650 g/mol. The second-order valence-corrected chi connectivity index (χ2v) is 11.0. The molecule has 0 unspecified atom stereocenters. The number of aliphatic hydroxyl groups excluding tert-OH is 13. The Morgan fingerprint density at radius 1 is 0.409 bits per heavy atom. The first-order chi connectivity index (χ1) is 20.9. The van der Waals surface area contributed by atoms with E-state index in [4.69, 9.17) is 33.2 Å². The molecular formula is C24H42O20. The summed E-state index contributed by atoms with van der Waals surface area (Å²) in [6, 6.07) is 0. The molecule has 0 aromatic rings. The van der Waals surface area contributed by atoms with Crippen LogP contribution in [0.4, 0.5) is 0 Å². The number of hydrogen-bond donors (Lipinski definition) is 13. The van der Waals surface area contributed by atoms with Gasteiger partial charge in [0.05, 0.1) is 33.0 Å². The molecule has 258 valence electrons. The largest absolute Gasteiger partial charge is 0.394 e. The minimum Gasteiger partial charge on any atom is -0.394 e. The molecule has 20 nitrogen and oxygen atoms in total. The van der Waals surface area contributed by atoms with Crippen LogP contribution in [0.3, 0.4) is 0 Å². The van der Waals surface area contributed by atoms with Gasteiger partial charge in [-0.15, -0.1) is 0 Å². The predicted octanol–water partition coefficient (Wildman–Crippen LogP) is -9.07. The summed E-state index contributed by atoms with van der Waals surface area (Å²) in [5.74, 6) is 0. The van der Waals surface area contributed by atoms with Gasteiger partial charge < -0.3 is 99.5 Å². The van der Waals surface area contributed by atoms with E-state index in [1.165, 1.54) is 0 Å². The second kappa shape index (κ2) is 15.4. The van der Waals surface area contributed by atoms with Gasteiger partial charge in [0.2, 0.25) is 0 Å². The molecule has 0 saturated carbocycles. The van der Waals surface area contributed by atoms with Gasteiger partial charge in [0, 0.05) is 0 Å². The molecule has 13 N–H and O–H groups in total. The zero-order valence-corrected chi connectivity index (χ0v) is 23.2. The molecule has 4 saturated heterocycles. The summed E-state index contributed by atoms with van der Waals surface area (Å²) in [5.41, 5.74) is 0. The normalized spacial score (nSPS) is 52.2. The van der Waals surface area contributed by atoms with Gasteiger partial charge in [-0.3, -0.25) is 0 Å². The molecular weight excluding hydrogens is 608 g/mol. The van der Waals surface area contributed by atoms with E-state index >= 15 is 0 Å². The summed E-state index contributed by atoms with van der Waals surface area (Å²) < 4.78 is 38.1. The highest BCUT2D eigenvalue weighted by atomic mass is 16.8. The van der Waals surface area contributed by atoms with Crippen LogP contribution in [0.2, 0.25) is 0 Å². The van der Waals surface area contributed by atoms with Crippen molar-refractivity contribution in [1.29, 1.82) is 0 Å². The average Bonchev–Trinajstić information content (AvgIpc) is 3.02. The van der Waals surface area contributed by atoms with E-state index in [0.29, 0.717) is 0 Å². The Morgan fingerprint density at radius 3 is 1.18 bits per heavy atom. The minimum atomic E-state index is -1.99. The smallest absolute Gasteiger partial charge is 0.187 e. The zero-order valence-electron chi connectivity index (χ0n) is 23.2. The fraction of sp³-hybridized carbons (Fsp3) is 1.00. The van der Waals surface area contributed by atoms with Gasteiger partial charge in [-0.05, 0) is 0 Å². The molecule has 20 heteroatoms. The summed E-state index contributed by atoms with van der Waals surface area (Å²) >= 11 is 0. The van der Waals surface area contributed by atoms with E-state index in [9.17, 15) is 66.4 Å². The zero-order chi connectivity index (χ0) is 32.5. The van der Waals surface area contributed by atoms with Crippen LogP contribution in [0.5, 0.6) is 0 Å². The summed E-state index contributed by atoms with van der Waals surface area (Å²) in [5, 5.41) is 132. The van der Waals surface area contributed by atoms with Gasteiger partial charge in [-0.1, -0.05) is 0 Å². The van der Waals surface area contributed by atoms with Gasteiger partial charge >= 0.3 is 0 Å². The standard InChI is InChI=1S/C24H42O20/c25-1-7-12(31)13(32)16(35)22(39-7)43-20-9(3-27)41-24(18(37)15(20)34)44-21-10(4-28)40-23(17(36)14(21)33)42-19-8(2-26)38-5-6(29)11(19)30/h6-37H,1-5H2/t6-,7+,8+,9+,10+,11+,12+,13-,14+,15+,16+,17+,18+,19+,20+,21+,22-,23-,24-/m0/s1. The van der Waals surface area contributed by atoms with E-state index in [1.807, 2.05) is 0 Å². The van der Waals surface area contributed by atoms with E-state index < -0.39 is 143 Å². The third-order valence-corrected chi connectivity index (χ3v) is 8.12. The molecule has 4 aliphatic rings. The maximum Gasteiger partial charge on any atom is 0.187 e. The van der Waals surface area contributed by atoms with Crippen molar-refractivity contribution in [3.8, 4) is 0 Å². The first-order valence-electron chi connectivity index (χ1n) is 14.0. The molecule has 0 amide bonds. The maximum atomic E-state index is 10.9. The van der Waals surface area contributed by atoms with Crippen molar-refractivity contribution < 1.29 is 99.5 Å². The third-order valence-electron chi connectivity index (χ3n) is 8.12. The average molecular weight is 651 g/mol. The van der Waals surface area contributed by atoms with Crippen molar-refractivity contribution in [3.05, 3.63) is 0 Å². The Labute approximate surface area is 249 Å². The first kappa shape index (κ1) is 36.0. The van der Waals surface area contributed by atoms with Gasteiger partial charge in [-0.25, -0.2) is 0 Å². The third kappa shape index (κ3) is 7.19. The van der Waals surface area contributed by atoms with Crippen LogP contribution in [-0.4, -0.2) is 216 Å². The minimum absolute atomic E-state index is 0.309. The van der Waals surface area contributed by atoms with E-state index in [2.05, 4.69) is 0 Å². The molecule has 44 heavy (non-hydrogen) atoms. The van der Waals surface area contributed by atoms with Crippen LogP contribution in [0.25, 0.3) is 0 Å². The van der Waals surface area contributed by atoms with Gasteiger partial charge in [0.25, 0.3) is 0 Å². The van der Waals surface area contributed by atoms with E-state index in [-0.39, 0.29) is 6.61 Å². The number of ether oxygens (including phenoxy) is 7. The van der Waals surface area contributed by atoms with Crippen LogP contribution in [0.1, 0.15) is 0 Å². The van der Waals surface area contributed by atoms with Crippen molar-refractivity contribution >= 4 is 0 Å². The highest BCUT2D eigenvalue weighted by Gasteiger charge is 2.54. The quantitative estimate of drug-likeness (QED) is 0.104. The Hall–Kier alpha value is -0.800. The number of hydrogen-bond acceptors (Lipinski definition) is 20. The van der Waals surface area contributed by atoms with Crippen molar-refractivity contribution in [2.75, 3.05) is 33.0 Å². The predicted molar refractivity (Wildman–Crippen MR) is 133 cm³/mol. The molecule has 19 atom stereocenters. The lowest BCUT2D eigenvalue weighted by atomic mass is 9.95. The highest BCUT2D eigenvalue weighted by molar-refractivity contribution is 4.97. The van der Waals surface area contributed by atoms with Crippen molar-refractivity contribution in [2.24, 2.45) is 0 Å². The lowest BCUT2D eigenvalue weighted by Gasteiger charge is -2.48. The summed E-state index contributed by atoms with van der Waals surface area (Å²) in [7, 11) is 0. The molecule has 4 fully saturated rings. The Bertz CT molecular complexity index is 879. The first-order valence-corrected chi connectivity index (χ1v) is 14.0. The van der Waals surface area contributed by atoms with E-state index in [0.717, 1.165) is 0 Å². The van der Waals surface area contributed by atoms with Crippen LogP contribution < -0.4 is 0 Å². The number of aliphatic hydroxyl groups is 13. The molecule has 0 aromatic heterocycles. The Morgan fingerprint density at radius 2 is 0.773 bits per heavy atom. The van der Waals surface area contributed by atoms with Crippen LogP contribution in [0, 0.1) is 0 Å². The SMILES string of the molecule is OC[C@H]1O[C@@H](O[C@H]2[C@H](O)[C@@H](O)[C@H](O[C@H]3[C@H](O)[C@@H](O)[C@H](O[C@H]4[C@H](O)[C@@H](O)CO[C@@H]4CO)O[C@@H]3CO)O[C@@H]2CO)[C@H](O)[C@@H](O)[C@@H]1O. The molecule has 0 radical (unpaired) electrons. The van der Waals surface area contributed by atoms with E-state index in [1.54, 1.807) is 0 Å². The lowest BCUT2D eigenvalue weighted by molar-refractivity contribution is -0.384. The molecule has 0 spiro atoms. The molecule has 0 bridgehead atoms. The molecule has 0 aliphatic carbocycles. The van der Waals surface area contributed by atoms with Crippen LogP contribution in [0.15, 0.2) is 0 Å². The highest BCUT2D eigenvalue weighted by Crippen LogP contribution is 2.33. The number of rotatable bonds is 10. The lowest BCUT2D eigenvalue weighted by Crippen LogP contribution is -2.67. The van der Waals surface area contributed by atoms with Crippen LogP contribution in [-0.2, 0) is 33.2 Å². The molecule has 4 rings (SSSR count). The molecule has 4 aliphatic heterocycles. The maximum absolute atomic E-state index is 10.9. The molecule has 4 heterocycles. The topological polar surface area (TPSA) is 328 Å². The Balaban J connectivity index is 1.43. The van der Waals surface area contributed by atoms with Gasteiger partial charge in [0.15, 0.2) is 18.9 Å². The summed E-state index contributed by atoms with van der Waals surface area (Å²) in [4.78, 5) is 0. The molecule has 0 aromatic carbocycles. The van der Waals surface area contributed by atoms with Crippen molar-refractivity contribution in [1.82, 2.24) is 0 Å².